The Labute approximate surface area is 113 Å². The maximum Gasteiger partial charge on any atom is 0.433 e. The number of alkyl halides is 3. The number of nitrogens with zero attached hydrogens (tertiary/aromatic N) is 2. The lowest BCUT2D eigenvalue weighted by Gasteiger charge is -2.22. The Balaban J connectivity index is 3.22. The van der Waals surface area contributed by atoms with Crippen LogP contribution in [0.3, 0.4) is 0 Å². The number of halogens is 3. The van der Waals surface area contributed by atoms with Gasteiger partial charge in [0.15, 0.2) is 0 Å². The molecule has 0 bridgehead atoms. The number of rotatable bonds is 5. The van der Waals surface area contributed by atoms with Crippen molar-refractivity contribution >= 4 is 11.4 Å². The van der Waals surface area contributed by atoms with Gasteiger partial charge in [0.1, 0.15) is 17.6 Å². The highest BCUT2D eigenvalue weighted by Gasteiger charge is 2.34. The van der Waals surface area contributed by atoms with Gasteiger partial charge < -0.3 is 11.1 Å². The van der Waals surface area contributed by atoms with Crippen molar-refractivity contribution in [3.63, 3.8) is 0 Å². The average molecular weight is 292 g/mol. The third-order valence-corrected chi connectivity index (χ3v) is 2.77. The first kappa shape index (κ1) is 16.2. The standard InChI is InChI=1S/C11H15F3N4O2/c1-6(2)8(4-15)17-7-3-10(11(12,13)14)16-5-9(7)18(19)20/h3,5-6,8H,4,15H2,1-2H3,(H,16,17). The Morgan fingerprint density at radius 2 is 2.10 bits per heavy atom. The van der Waals surface area contributed by atoms with Crippen LogP contribution in [0.15, 0.2) is 12.3 Å². The molecule has 20 heavy (non-hydrogen) atoms. The molecule has 1 unspecified atom stereocenters. The zero-order chi connectivity index (χ0) is 15.5. The lowest BCUT2D eigenvalue weighted by Crippen LogP contribution is -2.34. The molecule has 6 nitrogen and oxygen atoms in total. The van der Waals surface area contributed by atoms with Crippen LogP contribution < -0.4 is 11.1 Å². The van der Waals surface area contributed by atoms with Crippen molar-refractivity contribution in [3.05, 3.63) is 28.1 Å². The van der Waals surface area contributed by atoms with E-state index in [1.165, 1.54) is 0 Å². The summed E-state index contributed by atoms with van der Waals surface area (Å²) in [6, 6.07) is 0.251. The third-order valence-electron chi connectivity index (χ3n) is 2.77. The molecule has 0 fully saturated rings. The minimum absolute atomic E-state index is 0.00195. The van der Waals surface area contributed by atoms with E-state index in [4.69, 9.17) is 5.73 Å². The maximum atomic E-state index is 12.6. The van der Waals surface area contributed by atoms with E-state index in [0.717, 1.165) is 0 Å². The fourth-order valence-corrected chi connectivity index (χ4v) is 1.56. The zero-order valence-corrected chi connectivity index (χ0v) is 10.9. The molecule has 0 saturated heterocycles. The number of nitrogens with one attached hydrogen (secondary N) is 1. The van der Waals surface area contributed by atoms with E-state index in [1.807, 2.05) is 13.8 Å². The summed E-state index contributed by atoms with van der Waals surface area (Å²) >= 11 is 0. The molecule has 0 aliphatic heterocycles. The second-order valence-corrected chi connectivity index (χ2v) is 4.57. The highest BCUT2D eigenvalue weighted by Crippen LogP contribution is 2.33. The van der Waals surface area contributed by atoms with Crippen LogP contribution in [0.1, 0.15) is 19.5 Å². The normalized spacial score (nSPS) is 13.3. The lowest BCUT2D eigenvalue weighted by molar-refractivity contribution is -0.384. The molecule has 0 aromatic carbocycles. The molecule has 0 radical (unpaired) electrons. The predicted octanol–water partition coefficient (Wildman–Crippen LogP) is 2.40. The molecule has 1 rings (SSSR count). The summed E-state index contributed by atoms with van der Waals surface area (Å²) in [7, 11) is 0. The molecular formula is C11H15F3N4O2. The second kappa shape index (κ2) is 6.04. The molecule has 0 aliphatic rings. The van der Waals surface area contributed by atoms with E-state index in [2.05, 4.69) is 10.3 Å². The van der Waals surface area contributed by atoms with E-state index in [0.29, 0.717) is 12.3 Å². The molecule has 0 spiro atoms. The fraction of sp³-hybridized carbons (Fsp3) is 0.545. The fourth-order valence-electron chi connectivity index (χ4n) is 1.56. The summed E-state index contributed by atoms with van der Waals surface area (Å²) < 4.78 is 37.8. The molecule has 1 heterocycles. The molecule has 112 valence electrons. The molecule has 3 N–H and O–H groups in total. The van der Waals surface area contributed by atoms with Crippen LogP contribution in [-0.2, 0) is 6.18 Å². The van der Waals surface area contributed by atoms with E-state index >= 15 is 0 Å². The molecule has 1 aromatic heterocycles. The number of anilines is 1. The second-order valence-electron chi connectivity index (χ2n) is 4.57. The minimum Gasteiger partial charge on any atom is -0.375 e. The Bertz CT molecular complexity index is 491. The van der Waals surface area contributed by atoms with Crippen molar-refractivity contribution in [3.8, 4) is 0 Å². The lowest BCUT2D eigenvalue weighted by atomic mass is 10.0. The minimum atomic E-state index is -4.67. The zero-order valence-electron chi connectivity index (χ0n) is 10.9. The molecule has 0 amide bonds. The van der Waals surface area contributed by atoms with Gasteiger partial charge in [0.25, 0.3) is 0 Å². The summed E-state index contributed by atoms with van der Waals surface area (Å²) in [6.07, 6.45) is -4.07. The van der Waals surface area contributed by atoms with E-state index < -0.39 is 22.5 Å². The van der Waals surface area contributed by atoms with Crippen LogP contribution in [0.25, 0.3) is 0 Å². The number of nitro groups is 1. The Morgan fingerprint density at radius 1 is 1.50 bits per heavy atom. The van der Waals surface area contributed by atoms with Crippen molar-refractivity contribution in [2.24, 2.45) is 11.7 Å². The predicted molar refractivity (Wildman–Crippen MR) is 67.2 cm³/mol. The van der Waals surface area contributed by atoms with E-state index in [9.17, 15) is 23.3 Å². The van der Waals surface area contributed by atoms with E-state index in [1.54, 1.807) is 0 Å². The largest absolute Gasteiger partial charge is 0.433 e. The van der Waals surface area contributed by atoms with Gasteiger partial charge in [-0.3, -0.25) is 10.1 Å². The van der Waals surface area contributed by atoms with Crippen molar-refractivity contribution in [1.29, 1.82) is 0 Å². The topological polar surface area (TPSA) is 94.1 Å². The van der Waals surface area contributed by atoms with Crippen LogP contribution in [-0.4, -0.2) is 22.5 Å². The van der Waals surface area contributed by atoms with Gasteiger partial charge in [-0.1, -0.05) is 13.8 Å². The average Bonchev–Trinajstić information content (AvgIpc) is 2.33. The molecule has 1 aromatic rings. The Hall–Kier alpha value is -1.90. The number of nitrogens with two attached hydrogens (primary N) is 1. The smallest absolute Gasteiger partial charge is 0.375 e. The maximum absolute atomic E-state index is 12.6. The van der Waals surface area contributed by atoms with Gasteiger partial charge >= 0.3 is 11.9 Å². The summed E-state index contributed by atoms with van der Waals surface area (Å²) in [6.45, 7) is 3.75. The molecule has 1 atom stereocenters. The molecule has 9 heteroatoms. The van der Waals surface area contributed by atoms with Gasteiger partial charge in [0, 0.05) is 12.6 Å². The molecular weight excluding hydrogens is 277 g/mol. The molecule has 0 aliphatic carbocycles. The number of hydrogen-bond donors (Lipinski definition) is 2. The summed E-state index contributed by atoms with van der Waals surface area (Å²) in [5, 5.41) is 13.5. The third kappa shape index (κ3) is 3.80. The quantitative estimate of drug-likeness (QED) is 0.642. The Morgan fingerprint density at radius 3 is 2.50 bits per heavy atom. The van der Waals surface area contributed by atoms with Crippen LogP contribution in [0.4, 0.5) is 24.5 Å². The first-order valence-corrected chi connectivity index (χ1v) is 5.85. The van der Waals surface area contributed by atoms with Crippen LogP contribution >= 0.6 is 0 Å². The first-order valence-electron chi connectivity index (χ1n) is 5.85. The summed E-state index contributed by atoms with van der Waals surface area (Å²) in [5.74, 6) is 0.00195. The summed E-state index contributed by atoms with van der Waals surface area (Å²) in [4.78, 5) is 13.1. The van der Waals surface area contributed by atoms with Crippen molar-refractivity contribution < 1.29 is 18.1 Å². The van der Waals surface area contributed by atoms with Crippen LogP contribution in [0.2, 0.25) is 0 Å². The van der Waals surface area contributed by atoms with Gasteiger partial charge in [0.05, 0.1) is 4.92 Å². The van der Waals surface area contributed by atoms with Crippen LogP contribution in [0, 0.1) is 16.0 Å². The first-order chi connectivity index (χ1) is 9.16. The van der Waals surface area contributed by atoms with Crippen LogP contribution in [0.5, 0.6) is 0 Å². The van der Waals surface area contributed by atoms with Gasteiger partial charge in [-0.2, -0.15) is 13.2 Å². The van der Waals surface area contributed by atoms with Crippen molar-refractivity contribution in [2.75, 3.05) is 11.9 Å². The highest BCUT2D eigenvalue weighted by molar-refractivity contribution is 5.61. The Kier molecular flexibility index (Phi) is 4.88. The van der Waals surface area contributed by atoms with E-state index in [-0.39, 0.29) is 24.2 Å². The van der Waals surface area contributed by atoms with Gasteiger partial charge in [-0.15, -0.1) is 0 Å². The monoisotopic (exact) mass is 292 g/mol. The number of pyridine rings is 1. The number of hydrogen-bond acceptors (Lipinski definition) is 5. The van der Waals surface area contributed by atoms with Gasteiger partial charge in [0.2, 0.25) is 0 Å². The van der Waals surface area contributed by atoms with Crippen molar-refractivity contribution in [1.82, 2.24) is 4.98 Å². The summed E-state index contributed by atoms with van der Waals surface area (Å²) in [5.41, 5.74) is 3.56. The van der Waals surface area contributed by atoms with Gasteiger partial charge in [-0.25, -0.2) is 4.98 Å². The number of aromatic nitrogens is 1. The van der Waals surface area contributed by atoms with Crippen molar-refractivity contribution in [2.45, 2.75) is 26.1 Å². The highest BCUT2D eigenvalue weighted by atomic mass is 19.4. The van der Waals surface area contributed by atoms with Gasteiger partial charge in [-0.05, 0) is 12.0 Å². The SMILES string of the molecule is CC(C)C(CN)Nc1cc(C(F)(F)F)ncc1[N+](=O)[O-]. The molecule has 0 saturated carbocycles.